The number of halogens is 1. The standard InChI is InChI=1S/C25H28FN3O3/c1-15-4-6-20(10-16(15)2)32-14-23(30)29-25-9-8-21(19(11-25)12-25)28-24(31)22-7-5-18(13-27-22)17(3)26/h4-7,10,13,17H,8-9,11-12,14H2,1-3H3,(H,28,31)(H,29,30). The van der Waals surface area contributed by atoms with Crippen LogP contribution in [0.1, 0.15) is 66.0 Å². The van der Waals surface area contributed by atoms with Crippen molar-refractivity contribution in [2.24, 2.45) is 0 Å². The average molecular weight is 438 g/mol. The van der Waals surface area contributed by atoms with E-state index in [-0.39, 0.29) is 29.7 Å². The first-order valence-electron chi connectivity index (χ1n) is 10.9. The maximum atomic E-state index is 13.3. The minimum atomic E-state index is -1.12. The van der Waals surface area contributed by atoms with Gasteiger partial charge in [0.25, 0.3) is 11.8 Å². The maximum Gasteiger partial charge on any atom is 0.273 e. The van der Waals surface area contributed by atoms with E-state index in [0.717, 1.165) is 36.1 Å². The third-order valence-corrected chi connectivity index (χ3v) is 6.38. The number of nitrogens with one attached hydrogen (secondary N) is 2. The topological polar surface area (TPSA) is 80.3 Å². The highest BCUT2D eigenvalue weighted by Gasteiger charge is 2.46. The molecule has 168 valence electrons. The van der Waals surface area contributed by atoms with Crippen LogP contribution in [0.4, 0.5) is 4.39 Å². The number of rotatable bonds is 7. The average Bonchev–Trinajstić information content (AvgIpc) is 2.75. The summed E-state index contributed by atoms with van der Waals surface area (Å²) < 4.78 is 18.9. The van der Waals surface area contributed by atoms with Gasteiger partial charge in [-0.3, -0.25) is 14.6 Å². The van der Waals surface area contributed by atoms with Crippen molar-refractivity contribution in [3.05, 3.63) is 70.2 Å². The van der Waals surface area contributed by atoms with Crippen LogP contribution in [0.2, 0.25) is 0 Å². The van der Waals surface area contributed by atoms with E-state index < -0.39 is 6.17 Å². The van der Waals surface area contributed by atoms with Crippen molar-refractivity contribution in [1.82, 2.24) is 15.6 Å². The Morgan fingerprint density at radius 1 is 1.19 bits per heavy atom. The lowest BCUT2D eigenvalue weighted by Gasteiger charge is -2.49. The highest BCUT2D eigenvalue weighted by Crippen LogP contribution is 2.47. The van der Waals surface area contributed by atoms with Gasteiger partial charge in [-0.15, -0.1) is 0 Å². The van der Waals surface area contributed by atoms with Crippen molar-refractivity contribution in [3.63, 3.8) is 0 Å². The van der Waals surface area contributed by atoms with Crippen LogP contribution in [0.5, 0.6) is 5.75 Å². The first kappa shape index (κ1) is 22.0. The number of fused-ring (bicyclic) bond motifs is 2. The number of aromatic nitrogens is 1. The summed E-state index contributed by atoms with van der Waals surface area (Å²) in [6.45, 7) is 5.46. The molecule has 5 rings (SSSR count). The molecule has 3 aliphatic carbocycles. The Balaban J connectivity index is 1.29. The van der Waals surface area contributed by atoms with Crippen LogP contribution in [0.3, 0.4) is 0 Å². The Hall–Kier alpha value is -3.22. The quantitative estimate of drug-likeness (QED) is 0.679. The number of benzene rings is 1. The zero-order valence-electron chi connectivity index (χ0n) is 18.6. The summed E-state index contributed by atoms with van der Waals surface area (Å²) >= 11 is 0. The monoisotopic (exact) mass is 437 g/mol. The molecule has 1 aromatic heterocycles. The summed E-state index contributed by atoms with van der Waals surface area (Å²) in [5.41, 5.74) is 4.82. The zero-order chi connectivity index (χ0) is 22.9. The first-order chi connectivity index (χ1) is 15.2. The number of pyridine rings is 1. The van der Waals surface area contributed by atoms with Crippen LogP contribution in [-0.2, 0) is 4.79 Å². The number of carbonyl (C=O) groups is 2. The highest BCUT2D eigenvalue weighted by molar-refractivity contribution is 5.93. The summed E-state index contributed by atoms with van der Waals surface area (Å²) in [6.07, 6.45) is 3.16. The lowest BCUT2D eigenvalue weighted by molar-refractivity contribution is -0.125. The van der Waals surface area contributed by atoms with Gasteiger partial charge in [0, 0.05) is 23.0 Å². The summed E-state index contributed by atoms with van der Waals surface area (Å²) in [5, 5.41) is 6.07. The van der Waals surface area contributed by atoms with Crippen LogP contribution in [0, 0.1) is 13.8 Å². The number of aryl methyl sites for hydroxylation is 2. The van der Waals surface area contributed by atoms with Crippen molar-refractivity contribution in [1.29, 1.82) is 0 Å². The molecule has 1 fully saturated rings. The SMILES string of the molecule is Cc1ccc(OCC(=O)NC23CCC(NC(=O)c4ccc(C(C)F)cn4)=C(C2)C3)cc1C. The lowest BCUT2D eigenvalue weighted by Crippen LogP contribution is -2.58. The van der Waals surface area contributed by atoms with Crippen LogP contribution >= 0.6 is 0 Å². The van der Waals surface area contributed by atoms with E-state index in [2.05, 4.69) is 15.6 Å². The van der Waals surface area contributed by atoms with E-state index in [4.69, 9.17) is 4.74 Å². The predicted octanol–water partition coefficient (Wildman–Crippen LogP) is 4.23. The molecule has 1 atom stereocenters. The molecule has 2 N–H and O–H groups in total. The number of amides is 2. The Morgan fingerprint density at radius 3 is 2.56 bits per heavy atom. The highest BCUT2D eigenvalue weighted by atomic mass is 19.1. The summed E-state index contributed by atoms with van der Waals surface area (Å²) in [6, 6.07) is 8.90. The first-order valence-corrected chi connectivity index (χ1v) is 10.9. The van der Waals surface area contributed by atoms with E-state index in [1.54, 1.807) is 6.07 Å². The Labute approximate surface area is 187 Å². The van der Waals surface area contributed by atoms with Crippen LogP contribution in [0.15, 0.2) is 47.8 Å². The van der Waals surface area contributed by atoms with Crippen molar-refractivity contribution in [2.45, 2.75) is 58.2 Å². The minimum Gasteiger partial charge on any atom is -0.484 e. The van der Waals surface area contributed by atoms with Gasteiger partial charge in [-0.25, -0.2) is 4.39 Å². The molecule has 2 bridgehead atoms. The predicted molar refractivity (Wildman–Crippen MR) is 119 cm³/mol. The molecule has 0 spiro atoms. The Kier molecular flexibility index (Phi) is 6.00. The third kappa shape index (κ3) is 4.66. The molecule has 3 aliphatic rings. The molecule has 0 radical (unpaired) electrons. The van der Waals surface area contributed by atoms with Crippen molar-refractivity contribution < 1.29 is 18.7 Å². The molecule has 7 heteroatoms. The number of allylic oxidation sites excluding steroid dienone is 1. The molecular formula is C25H28FN3O3. The van der Waals surface area contributed by atoms with Gasteiger partial charge in [0.05, 0.1) is 0 Å². The molecule has 1 heterocycles. The molecule has 1 aromatic carbocycles. The van der Waals surface area contributed by atoms with Gasteiger partial charge < -0.3 is 15.4 Å². The number of alkyl halides is 1. The molecule has 2 aromatic rings. The third-order valence-electron chi connectivity index (χ3n) is 6.38. The Bertz CT molecular complexity index is 1070. The van der Waals surface area contributed by atoms with Gasteiger partial charge in [0.15, 0.2) is 6.61 Å². The minimum absolute atomic E-state index is 0.0218. The molecular weight excluding hydrogens is 409 g/mol. The largest absolute Gasteiger partial charge is 0.484 e. The van der Waals surface area contributed by atoms with E-state index >= 15 is 0 Å². The zero-order valence-corrected chi connectivity index (χ0v) is 18.6. The van der Waals surface area contributed by atoms with Gasteiger partial charge in [-0.05, 0) is 81.4 Å². The van der Waals surface area contributed by atoms with Crippen molar-refractivity contribution in [3.8, 4) is 5.75 Å². The Morgan fingerprint density at radius 2 is 1.97 bits per heavy atom. The smallest absolute Gasteiger partial charge is 0.273 e. The second kappa shape index (κ2) is 8.73. The number of hydrogen-bond acceptors (Lipinski definition) is 4. The second-order valence-corrected chi connectivity index (χ2v) is 8.85. The fourth-order valence-electron chi connectivity index (χ4n) is 4.26. The molecule has 1 unspecified atom stereocenters. The maximum absolute atomic E-state index is 13.3. The fourth-order valence-corrected chi connectivity index (χ4v) is 4.26. The van der Waals surface area contributed by atoms with E-state index in [1.807, 2.05) is 32.0 Å². The molecule has 0 saturated heterocycles. The lowest BCUT2D eigenvalue weighted by atomic mass is 9.64. The molecule has 0 aliphatic heterocycles. The van der Waals surface area contributed by atoms with Crippen molar-refractivity contribution in [2.75, 3.05) is 6.61 Å². The summed E-state index contributed by atoms with van der Waals surface area (Å²) in [7, 11) is 0. The molecule has 1 saturated carbocycles. The van der Waals surface area contributed by atoms with Crippen LogP contribution < -0.4 is 15.4 Å². The van der Waals surface area contributed by atoms with E-state index in [1.165, 1.54) is 24.8 Å². The van der Waals surface area contributed by atoms with Crippen LogP contribution in [0.25, 0.3) is 0 Å². The van der Waals surface area contributed by atoms with Gasteiger partial charge in [0.2, 0.25) is 0 Å². The van der Waals surface area contributed by atoms with Gasteiger partial charge in [-0.2, -0.15) is 0 Å². The van der Waals surface area contributed by atoms with Gasteiger partial charge in [-0.1, -0.05) is 12.1 Å². The number of nitrogens with zero attached hydrogens (tertiary/aromatic N) is 1. The molecule has 6 nitrogen and oxygen atoms in total. The van der Waals surface area contributed by atoms with Crippen LogP contribution in [-0.4, -0.2) is 28.9 Å². The van der Waals surface area contributed by atoms with Gasteiger partial charge in [0.1, 0.15) is 17.6 Å². The van der Waals surface area contributed by atoms with E-state index in [9.17, 15) is 14.0 Å². The van der Waals surface area contributed by atoms with Gasteiger partial charge >= 0.3 is 0 Å². The second-order valence-electron chi connectivity index (χ2n) is 8.85. The fraction of sp³-hybridized carbons (Fsp3) is 0.400. The number of ether oxygens (including phenoxy) is 1. The van der Waals surface area contributed by atoms with Crippen molar-refractivity contribution >= 4 is 11.8 Å². The number of carbonyl (C=O) groups excluding carboxylic acids is 2. The normalized spacial score (nSPS) is 17.2. The molecule has 32 heavy (non-hydrogen) atoms. The van der Waals surface area contributed by atoms with E-state index in [0.29, 0.717) is 17.7 Å². The summed E-state index contributed by atoms with van der Waals surface area (Å²) in [5.74, 6) is 0.253. The summed E-state index contributed by atoms with van der Waals surface area (Å²) in [4.78, 5) is 29.0. The number of hydrogen-bond donors (Lipinski definition) is 2. The molecule has 2 amide bonds.